The van der Waals surface area contributed by atoms with Crippen molar-refractivity contribution < 1.29 is 9.47 Å². The Kier molecular flexibility index (Phi) is 5.50. The predicted octanol–water partition coefficient (Wildman–Crippen LogP) is 5.49. The summed E-state index contributed by atoms with van der Waals surface area (Å²) in [5.74, 6) is 0.857. The molecule has 6 heteroatoms. The Morgan fingerprint density at radius 3 is 2.48 bits per heavy atom. The van der Waals surface area contributed by atoms with Crippen LogP contribution < -0.4 is 0 Å². The largest absolute Gasteiger partial charge is 0.348 e. The molecule has 2 aromatic carbocycles. The van der Waals surface area contributed by atoms with E-state index in [0.29, 0.717) is 0 Å². The van der Waals surface area contributed by atoms with Crippen molar-refractivity contribution >= 4 is 49.1 Å². The highest BCUT2D eigenvalue weighted by Crippen LogP contribution is 2.34. The summed E-state index contributed by atoms with van der Waals surface area (Å²) in [5, 5.41) is 4.48. The van der Waals surface area contributed by atoms with Gasteiger partial charge in [0.15, 0.2) is 6.29 Å². The van der Waals surface area contributed by atoms with Crippen molar-refractivity contribution in [2.24, 2.45) is 4.99 Å². The van der Waals surface area contributed by atoms with Gasteiger partial charge in [-0.1, -0.05) is 30.3 Å². The number of fused-ring (bicyclic) bond motifs is 3. The number of nitrogens with zero attached hydrogens (tertiary/aromatic N) is 2. The minimum absolute atomic E-state index is 0.00134. The first-order valence-electron chi connectivity index (χ1n) is 9.31. The molecule has 142 valence electrons. The van der Waals surface area contributed by atoms with Gasteiger partial charge in [0.1, 0.15) is 16.1 Å². The molecule has 0 saturated carbocycles. The molecule has 1 aliphatic rings. The predicted molar refractivity (Wildman–Crippen MR) is 116 cm³/mol. The molecule has 4 rings (SSSR count). The van der Waals surface area contributed by atoms with Crippen molar-refractivity contribution in [3.8, 4) is 0 Å². The molecule has 3 aromatic rings. The number of aromatic nitrogens is 1. The van der Waals surface area contributed by atoms with Crippen LogP contribution in [0.5, 0.6) is 0 Å². The summed E-state index contributed by atoms with van der Waals surface area (Å²) in [4.78, 5) is 9.76. The van der Waals surface area contributed by atoms with Gasteiger partial charge in [-0.05, 0) is 39.1 Å². The molecule has 4 nitrogen and oxygen atoms in total. The maximum atomic E-state index is 5.99. The second-order valence-electron chi connectivity index (χ2n) is 7.20. The molecule has 0 amide bonds. The van der Waals surface area contributed by atoms with Crippen molar-refractivity contribution in [1.29, 1.82) is 0 Å². The quantitative estimate of drug-likeness (QED) is 0.513. The zero-order valence-electron chi connectivity index (χ0n) is 16.0. The van der Waals surface area contributed by atoms with Gasteiger partial charge in [-0.3, -0.25) is 4.99 Å². The lowest BCUT2D eigenvalue weighted by Gasteiger charge is -2.25. The Bertz CT molecular complexity index is 971. The third-order valence-electron chi connectivity index (χ3n) is 4.26. The third kappa shape index (κ3) is 4.04. The van der Waals surface area contributed by atoms with Crippen molar-refractivity contribution in [3.63, 3.8) is 0 Å². The van der Waals surface area contributed by atoms with E-state index in [-0.39, 0.29) is 24.5 Å². The first-order chi connectivity index (χ1) is 13.0. The summed E-state index contributed by atoms with van der Waals surface area (Å²) in [7, 11) is 0. The van der Waals surface area contributed by atoms with Gasteiger partial charge in [0.2, 0.25) is 0 Å². The number of benzene rings is 2. The Labute approximate surface area is 168 Å². The van der Waals surface area contributed by atoms with Gasteiger partial charge in [-0.15, -0.1) is 23.1 Å². The van der Waals surface area contributed by atoms with Crippen LogP contribution in [0.4, 0.5) is 0 Å². The molecule has 0 saturated heterocycles. The van der Waals surface area contributed by atoms with E-state index in [1.807, 2.05) is 27.7 Å². The van der Waals surface area contributed by atoms with Gasteiger partial charge in [-0.25, -0.2) is 4.98 Å². The van der Waals surface area contributed by atoms with Gasteiger partial charge in [0, 0.05) is 11.1 Å². The van der Waals surface area contributed by atoms with Crippen LogP contribution in [0.25, 0.3) is 21.0 Å². The monoisotopic (exact) mass is 400 g/mol. The summed E-state index contributed by atoms with van der Waals surface area (Å²) >= 11 is 3.47. The fourth-order valence-electron chi connectivity index (χ4n) is 3.14. The fraction of sp³-hybridized carbons (Fsp3) is 0.429. The highest BCUT2D eigenvalue weighted by molar-refractivity contribution is 8.15. The van der Waals surface area contributed by atoms with Crippen molar-refractivity contribution in [1.82, 2.24) is 4.98 Å². The Balaban J connectivity index is 1.65. The van der Waals surface area contributed by atoms with E-state index in [1.165, 1.54) is 15.5 Å². The molecule has 0 spiro atoms. The molecule has 2 heterocycles. The molecule has 1 aromatic heterocycles. The molecule has 1 aliphatic heterocycles. The Hall–Kier alpha value is -1.47. The number of hydrogen-bond donors (Lipinski definition) is 0. The maximum absolute atomic E-state index is 5.99. The number of ether oxygens (including phenoxy) is 2. The zero-order valence-corrected chi connectivity index (χ0v) is 17.6. The topological polar surface area (TPSA) is 43.7 Å². The molecule has 0 fully saturated rings. The van der Waals surface area contributed by atoms with Crippen LogP contribution in [0.2, 0.25) is 0 Å². The van der Waals surface area contributed by atoms with Gasteiger partial charge in [-0.2, -0.15) is 0 Å². The first kappa shape index (κ1) is 18.9. The maximum Gasteiger partial charge on any atom is 0.181 e. The summed E-state index contributed by atoms with van der Waals surface area (Å²) in [6, 6.07) is 12.7. The van der Waals surface area contributed by atoms with Gasteiger partial charge < -0.3 is 9.47 Å². The molecular weight excluding hydrogens is 376 g/mol. The second-order valence-corrected chi connectivity index (χ2v) is 9.21. The highest BCUT2D eigenvalue weighted by atomic mass is 32.2. The summed E-state index contributed by atoms with van der Waals surface area (Å²) < 4.78 is 13.2. The van der Waals surface area contributed by atoms with Crippen LogP contribution in [-0.4, -0.2) is 40.3 Å². The Morgan fingerprint density at radius 2 is 1.74 bits per heavy atom. The van der Waals surface area contributed by atoms with Crippen LogP contribution in [0.15, 0.2) is 41.4 Å². The smallest absolute Gasteiger partial charge is 0.181 e. The van der Waals surface area contributed by atoms with E-state index in [4.69, 9.17) is 19.5 Å². The average Bonchev–Trinajstić information content (AvgIpc) is 3.27. The Morgan fingerprint density at radius 1 is 1.00 bits per heavy atom. The standard InChI is InChI=1S/C21H24N2O2S2/c1-12(2)24-21(25-13(3)4)17-11-26-19(23-17)20-22-16-10-9-14-7-5-6-8-15(14)18(16)27-20/h5-10,12-13,17,21H,11H2,1-4H3. The van der Waals surface area contributed by atoms with Gasteiger partial charge in [0.05, 0.1) is 22.4 Å². The molecule has 27 heavy (non-hydrogen) atoms. The molecule has 0 radical (unpaired) electrons. The lowest BCUT2D eigenvalue weighted by molar-refractivity contribution is -0.187. The van der Waals surface area contributed by atoms with Crippen LogP contribution in [-0.2, 0) is 9.47 Å². The van der Waals surface area contributed by atoms with Crippen LogP contribution in [0.3, 0.4) is 0 Å². The second kappa shape index (κ2) is 7.87. The average molecular weight is 401 g/mol. The van der Waals surface area contributed by atoms with Crippen molar-refractivity contribution in [2.75, 3.05) is 5.75 Å². The third-order valence-corrected chi connectivity index (χ3v) is 6.58. The first-order valence-corrected chi connectivity index (χ1v) is 11.1. The van der Waals surface area contributed by atoms with Crippen LogP contribution in [0.1, 0.15) is 32.7 Å². The van der Waals surface area contributed by atoms with E-state index < -0.39 is 0 Å². The van der Waals surface area contributed by atoms with E-state index in [1.54, 1.807) is 23.1 Å². The van der Waals surface area contributed by atoms with E-state index in [2.05, 4.69) is 36.4 Å². The summed E-state index contributed by atoms with van der Waals surface area (Å²) in [6.45, 7) is 8.12. The molecule has 1 atom stereocenters. The highest BCUT2D eigenvalue weighted by Gasteiger charge is 2.31. The molecular formula is C21H24N2O2S2. The normalized spacial score (nSPS) is 17.7. The number of aliphatic imine (C=N–C) groups is 1. The summed E-state index contributed by atoms with van der Waals surface area (Å²) in [5.41, 5.74) is 1.04. The SMILES string of the molecule is CC(C)OC(OC(C)C)C1CSC(c2nc3ccc4ccccc4c3s2)=N1. The lowest BCUT2D eigenvalue weighted by Crippen LogP contribution is -2.35. The van der Waals surface area contributed by atoms with Crippen LogP contribution >= 0.6 is 23.1 Å². The van der Waals surface area contributed by atoms with Gasteiger partial charge in [0.25, 0.3) is 0 Å². The molecule has 0 aliphatic carbocycles. The fourth-order valence-corrected chi connectivity index (χ4v) is 5.38. The minimum atomic E-state index is -0.315. The number of hydrogen-bond acceptors (Lipinski definition) is 6. The van der Waals surface area contributed by atoms with Crippen molar-refractivity contribution in [3.05, 3.63) is 41.4 Å². The minimum Gasteiger partial charge on any atom is -0.348 e. The molecule has 0 bridgehead atoms. The number of rotatable bonds is 6. The van der Waals surface area contributed by atoms with E-state index >= 15 is 0 Å². The zero-order chi connectivity index (χ0) is 19.0. The number of thiazole rings is 1. The number of thioether (sulfide) groups is 1. The van der Waals surface area contributed by atoms with Gasteiger partial charge >= 0.3 is 0 Å². The molecule has 1 unspecified atom stereocenters. The van der Waals surface area contributed by atoms with E-state index in [9.17, 15) is 0 Å². The molecule has 0 N–H and O–H groups in total. The summed E-state index contributed by atoms with van der Waals surface area (Å²) in [6.07, 6.45) is -0.108. The van der Waals surface area contributed by atoms with E-state index in [0.717, 1.165) is 21.3 Å². The van der Waals surface area contributed by atoms with Crippen molar-refractivity contribution in [2.45, 2.75) is 52.2 Å². The van der Waals surface area contributed by atoms with Crippen LogP contribution in [0, 0.1) is 0 Å². The lowest BCUT2D eigenvalue weighted by atomic mass is 10.1.